The molecule has 1 N–H and O–H groups in total. The minimum Gasteiger partial charge on any atom is -0.352 e. The van der Waals surface area contributed by atoms with Crippen molar-refractivity contribution in [3.8, 4) is 0 Å². The third kappa shape index (κ3) is 2.80. The van der Waals surface area contributed by atoms with E-state index in [1.807, 2.05) is 0 Å². The highest BCUT2D eigenvalue weighted by Gasteiger charge is 2.04. The van der Waals surface area contributed by atoms with Gasteiger partial charge >= 0.3 is 0 Å². The molecule has 1 rings (SSSR count). The SMILES string of the molecule is CCC(=O)NCc1cc(F)ccc1F. The van der Waals surface area contributed by atoms with Crippen LogP contribution in [0, 0.1) is 11.6 Å². The van der Waals surface area contributed by atoms with Gasteiger partial charge in [0.25, 0.3) is 0 Å². The standard InChI is InChI=1S/C10H11F2NO/c1-2-10(14)13-6-7-5-8(11)3-4-9(7)12/h3-5H,2,6H2,1H3,(H,13,14). The Hall–Kier alpha value is -1.45. The van der Waals surface area contributed by atoms with Crippen LogP contribution in [0.1, 0.15) is 18.9 Å². The normalized spacial score (nSPS) is 9.93. The van der Waals surface area contributed by atoms with Crippen LogP contribution in [0.3, 0.4) is 0 Å². The van der Waals surface area contributed by atoms with Crippen LogP contribution < -0.4 is 5.32 Å². The molecule has 0 aliphatic rings. The summed E-state index contributed by atoms with van der Waals surface area (Å²) < 4.78 is 25.7. The molecular weight excluding hydrogens is 188 g/mol. The average Bonchev–Trinajstić information content (AvgIpc) is 2.19. The molecule has 76 valence electrons. The van der Waals surface area contributed by atoms with E-state index < -0.39 is 11.6 Å². The van der Waals surface area contributed by atoms with E-state index in [0.717, 1.165) is 18.2 Å². The van der Waals surface area contributed by atoms with Crippen LogP contribution in [0.2, 0.25) is 0 Å². The van der Waals surface area contributed by atoms with Crippen molar-refractivity contribution in [3.05, 3.63) is 35.4 Å². The van der Waals surface area contributed by atoms with Crippen LogP contribution in [-0.4, -0.2) is 5.91 Å². The lowest BCUT2D eigenvalue weighted by molar-refractivity contribution is -0.120. The van der Waals surface area contributed by atoms with Gasteiger partial charge in [0.05, 0.1) is 0 Å². The van der Waals surface area contributed by atoms with Crippen molar-refractivity contribution in [1.82, 2.24) is 5.32 Å². The first-order chi connectivity index (χ1) is 6.63. The summed E-state index contributed by atoms with van der Waals surface area (Å²) in [6.45, 7) is 1.72. The summed E-state index contributed by atoms with van der Waals surface area (Å²) in [5, 5.41) is 2.47. The fraction of sp³-hybridized carbons (Fsp3) is 0.300. The number of halogens is 2. The molecule has 4 heteroatoms. The number of benzene rings is 1. The third-order valence-corrected chi connectivity index (χ3v) is 1.80. The minimum absolute atomic E-state index is 0.0241. The number of nitrogens with one attached hydrogen (secondary N) is 1. The maximum absolute atomic E-state index is 13.0. The second kappa shape index (κ2) is 4.69. The van der Waals surface area contributed by atoms with Gasteiger partial charge in [-0.15, -0.1) is 0 Å². The Morgan fingerprint density at radius 2 is 2.14 bits per heavy atom. The van der Waals surface area contributed by atoms with Crippen molar-refractivity contribution >= 4 is 5.91 Å². The lowest BCUT2D eigenvalue weighted by Crippen LogP contribution is -2.22. The molecule has 1 aromatic rings. The molecule has 0 spiro atoms. The van der Waals surface area contributed by atoms with Crippen LogP contribution >= 0.6 is 0 Å². The molecule has 0 atom stereocenters. The van der Waals surface area contributed by atoms with E-state index in [1.165, 1.54) is 0 Å². The Kier molecular flexibility index (Phi) is 3.56. The molecule has 0 saturated carbocycles. The van der Waals surface area contributed by atoms with Gasteiger partial charge in [-0.1, -0.05) is 6.92 Å². The monoisotopic (exact) mass is 199 g/mol. The Bertz CT molecular complexity index is 339. The van der Waals surface area contributed by atoms with Gasteiger partial charge in [-0.2, -0.15) is 0 Å². The zero-order valence-electron chi connectivity index (χ0n) is 7.81. The van der Waals surface area contributed by atoms with Crippen molar-refractivity contribution < 1.29 is 13.6 Å². The van der Waals surface area contributed by atoms with Crippen LogP contribution in [-0.2, 0) is 11.3 Å². The fourth-order valence-corrected chi connectivity index (χ4v) is 0.998. The number of rotatable bonds is 3. The molecule has 0 saturated heterocycles. The lowest BCUT2D eigenvalue weighted by atomic mass is 10.2. The van der Waals surface area contributed by atoms with Crippen LogP contribution in [0.4, 0.5) is 8.78 Å². The number of carbonyl (C=O) groups is 1. The first-order valence-corrected chi connectivity index (χ1v) is 4.34. The summed E-state index contributed by atoms with van der Waals surface area (Å²) in [5.74, 6) is -1.20. The van der Waals surface area contributed by atoms with Gasteiger partial charge in [-0.3, -0.25) is 4.79 Å². The summed E-state index contributed by atoms with van der Waals surface area (Å²) in [6, 6.07) is 3.16. The highest BCUT2D eigenvalue weighted by atomic mass is 19.1. The predicted octanol–water partition coefficient (Wildman–Crippen LogP) is 1.99. The van der Waals surface area contributed by atoms with E-state index in [9.17, 15) is 13.6 Å². The van der Waals surface area contributed by atoms with Gasteiger partial charge in [-0.05, 0) is 18.2 Å². The number of amides is 1. The van der Waals surface area contributed by atoms with Crippen LogP contribution in [0.15, 0.2) is 18.2 Å². The Morgan fingerprint density at radius 3 is 2.79 bits per heavy atom. The molecule has 0 radical (unpaired) electrons. The van der Waals surface area contributed by atoms with Crippen molar-refractivity contribution in [2.75, 3.05) is 0 Å². The van der Waals surface area contributed by atoms with Crippen LogP contribution in [0.25, 0.3) is 0 Å². The lowest BCUT2D eigenvalue weighted by Gasteiger charge is -2.04. The molecule has 0 unspecified atom stereocenters. The zero-order chi connectivity index (χ0) is 10.6. The highest BCUT2D eigenvalue weighted by Crippen LogP contribution is 2.08. The molecule has 0 aliphatic carbocycles. The van der Waals surface area contributed by atoms with Crippen molar-refractivity contribution in [1.29, 1.82) is 0 Å². The van der Waals surface area contributed by atoms with Gasteiger partial charge in [0.2, 0.25) is 5.91 Å². The molecule has 0 heterocycles. The van der Waals surface area contributed by atoms with Gasteiger partial charge < -0.3 is 5.32 Å². The molecular formula is C10H11F2NO. The van der Waals surface area contributed by atoms with Gasteiger partial charge in [0.1, 0.15) is 11.6 Å². The second-order valence-corrected chi connectivity index (χ2v) is 2.87. The largest absolute Gasteiger partial charge is 0.352 e. The summed E-state index contributed by atoms with van der Waals surface area (Å²) in [6.07, 6.45) is 0.330. The van der Waals surface area contributed by atoms with E-state index >= 15 is 0 Å². The first-order valence-electron chi connectivity index (χ1n) is 4.34. The quantitative estimate of drug-likeness (QED) is 0.792. The summed E-state index contributed by atoms with van der Waals surface area (Å²) in [5.41, 5.74) is 0.159. The fourth-order valence-electron chi connectivity index (χ4n) is 0.998. The Morgan fingerprint density at radius 1 is 1.43 bits per heavy atom. The number of hydrogen-bond acceptors (Lipinski definition) is 1. The van der Waals surface area contributed by atoms with Crippen molar-refractivity contribution in [2.24, 2.45) is 0 Å². The maximum Gasteiger partial charge on any atom is 0.219 e. The molecule has 0 bridgehead atoms. The molecule has 1 aromatic carbocycles. The molecule has 0 fully saturated rings. The second-order valence-electron chi connectivity index (χ2n) is 2.87. The summed E-state index contributed by atoms with van der Waals surface area (Å²) in [4.78, 5) is 10.9. The van der Waals surface area contributed by atoms with E-state index in [2.05, 4.69) is 5.32 Å². The average molecular weight is 199 g/mol. The zero-order valence-corrected chi connectivity index (χ0v) is 7.81. The molecule has 2 nitrogen and oxygen atoms in total. The van der Waals surface area contributed by atoms with E-state index in [1.54, 1.807) is 6.92 Å². The molecule has 0 aliphatic heterocycles. The van der Waals surface area contributed by atoms with E-state index in [-0.39, 0.29) is 18.0 Å². The van der Waals surface area contributed by atoms with Crippen molar-refractivity contribution in [2.45, 2.75) is 19.9 Å². The van der Waals surface area contributed by atoms with E-state index in [4.69, 9.17) is 0 Å². The Labute approximate surface area is 80.9 Å². The van der Waals surface area contributed by atoms with E-state index in [0.29, 0.717) is 6.42 Å². The summed E-state index contributed by atoms with van der Waals surface area (Å²) in [7, 11) is 0. The number of hydrogen-bond donors (Lipinski definition) is 1. The number of carbonyl (C=O) groups excluding carboxylic acids is 1. The molecule has 0 aromatic heterocycles. The third-order valence-electron chi connectivity index (χ3n) is 1.80. The van der Waals surface area contributed by atoms with Crippen LogP contribution in [0.5, 0.6) is 0 Å². The Balaban J connectivity index is 2.66. The minimum atomic E-state index is -0.511. The highest BCUT2D eigenvalue weighted by molar-refractivity contribution is 5.75. The smallest absolute Gasteiger partial charge is 0.219 e. The molecule has 1 amide bonds. The maximum atomic E-state index is 13.0. The molecule has 14 heavy (non-hydrogen) atoms. The van der Waals surface area contributed by atoms with Gasteiger partial charge in [0, 0.05) is 18.5 Å². The topological polar surface area (TPSA) is 29.1 Å². The van der Waals surface area contributed by atoms with Crippen molar-refractivity contribution in [3.63, 3.8) is 0 Å². The summed E-state index contributed by atoms with van der Waals surface area (Å²) >= 11 is 0. The first kappa shape index (κ1) is 10.6. The van der Waals surface area contributed by atoms with Gasteiger partial charge in [0.15, 0.2) is 0 Å². The van der Waals surface area contributed by atoms with Gasteiger partial charge in [-0.25, -0.2) is 8.78 Å². The predicted molar refractivity (Wildman–Crippen MR) is 48.5 cm³/mol.